The van der Waals surface area contributed by atoms with Crippen molar-refractivity contribution >= 4 is 5.78 Å². The molecular formula is C24H23NO. The fourth-order valence-corrected chi connectivity index (χ4v) is 2.97. The Morgan fingerprint density at radius 3 is 1.96 bits per heavy atom. The highest BCUT2D eigenvalue weighted by molar-refractivity contribution is 6.09. The number of benzene rings is 3. The van der Waals surface area contributed by atoms with E-state index in [4.69, 9.17) is 0 Å². The summed E-state index contributed by atoms with van der Waals surface area (Å²) in [7, 11) is 2.08. The number of ketones is 1. The van der Waals surface area contributed by atoms with Crippen LogP contribution in [0.25, 0.3) is 11.1 Å². The zero-order valence-electron chi connectivity index (χ0n) is 15.1. The van der Waals surface area contributed by atoms with Crippen molar-refractivity contribution in [3.05, 3.63) is 108 Å². The zero-order valence-corrected chi connectivity index (χ0v) is 15.1. The molecule has 2 nitrogen and oxygen atoms in total. The van der Waals surface area contributed by atoms with Gasteiger partial charge in [-0.25, -0.2) is 0 Å². The molecule has 3 aromatic carbocycles. The van der Waals surface area contributed by atoms with E-state index in [1.807, 2.05) is 60.7 Å². The zero-order chi connectivity index (χ0) is 18.4. The molecule has 2 heteroatoms. The molecule has 26 heavy (non-hydrogen) atoms. The van der Waals surface area contributed by atoms with Crippen molar-refractivity contribution in [1.29, 1.82) is 0 Å². The van der Waals surface area contributed by atoms with Gasteiger partial charge in [-0.15, -0.1) is 6.58 Å². The largest absolute Gasteiger partial charge is 0.298 e. The summed E-state index contributed by atoms with van der Waals surface area (Å²) in [6.45, 7) is 5.54. The Morgan fingerprint density at radius 1 is 0.846 bits per heavy atom. The van der Waals surface area contributed by atoms with Crippen LogP contribution in [-0.2, 0) is 6.54 Å². The molecule has 0 aliphatic heterocycles. The summed E-state index contributed by atoms with van der Waals surface area (Å²) in [4.78, 5) is 14.7. The second-order valence-electron chi connectivity index (χ2n) is 6.45. The molecule has 3 rings (SSSR count). The van der Waals surface area contributed by atoms with Crippen LogP contribution in [0.2, 0.25) is 0 Å². The van der Waals surface area contributed by atoms with Gasteiger partial charge in [0.1, 0.15) is 0 Å². The van der Waals surface area contributed by atoms with Gasteiger partial charge in [0, 0.05) is 24.2 Å². The van der Waals surface area contributed by atoms with E-state index in [0.29, 0.717) is 11.1 Å². The molecule has 0 aromatic heterocycles. The van der Waals surface area contributed by atoms with Crippen molar-refractivity contribution in [1.82, 2.24) is 4.90 Å². The SMILES string of the molecule is C=CCN(C)Cc1ccc(-c2ccc(C(=O)c3ccccc3)cc2)cc1. The first-order valence-electron chi connectivity index (χ1n) is 8.76. The van der Waals surface area contributed by atoms with Gasteiger partial charge >= 0.3 is 0 Å². The Morgan fingerprint density at radius 2 is 1.38 bits per heavy atom. The van der Waals surface area contributed by atoms with Gasteiger partial charge in [-0.1, -0.05) is 84.9 Å². The summed E-state index contributed by atoms with van der Waals surface area (Å²) in [5.74, 6) is 0.0535. The van der Waals surface area contributed by atoms with Gasteiger partial charge in [0.05, 0.1) is 0 Å². The van der Waals surface area contributed by atoms with Gasteiger partial charge in [0.2, 0.25) is 0 Å². The maximum atomic E-state index is 12.5. The van der Waals surface area contributed by atoms with Gasteiger partial charge in [-0.2, -0.15) is 0 Å². The molecular weight excluding hydrogens is 318 g/mol. The molecule has 0 atom stereocenters. The summed E-state index contributed by atoms with van der Waals surface area (Å²) < 4.78 is 0. The second-order valence-corrected chi connectivity index (χ2v) is 6.45. The molecule has 0 aliphatic rings. The first kappa shape index (κ1) is 17.8. The van der Waals surface area contributed by atoms with Crippen LogP contribution in [0.5, 0.6) is 0 Å². The van der Waals surface area contributed by atoms with E-state index in [9.17, 15) is 4.79 Å². The highest BCUT2D eigenvalue weighted by atomic mass is 16.1. The minimum absolute atomic E-state index is 0.0535. The van der Waals surface area contributed by atoms with Crippen molar-refractivity contribution in [3.8, 4) is 11.1 Å². The molecule has 0 N–H and O–H groups in total. The summed E-state index contributed by atoms with van der Waals surface area (Å²) in [6, 6.07) is 25.8. The van der Waals surface area contributed by atoms with E-state index in [1.54, 1.807) is 0 Å². The van der Waals surface area contributed by atoms with Crippen molar-refractivity contribution < 1.29 is 4.79 Å². The van der Waals surface area contributed by atoms with E-state index >= 15 is 0 Å². The number of hydrogen-bond donors (Lipinski definition) is 0. The molecule has 0 bridgehead atoms. The van der Waals surface area contributed by atoms with Crippen molar-refractivity contribution in [2.75, 3.05) is 13.6 Å². The Balaban J connectivity index is 1.72. The van der Waals surface area contributed by atoms with Crippen LogP contribution >= 0.6 is 0 Å². The predicted octanol–water partition coefficient (Wildman–Crippen LogP) is 5.20. The Kier molecular flexibility index (Phi) is 5.77. The summed E-state index contributed by atoms with van der Waals surface area (Å²) >= 11 is 0. The van der Waals surface area contributed by atoms with Crippen LogP contribution in [0.1, 0.15) is 21.5 Å². The summed E-state index contributed by atoms with van der Waals surface area (Å²) in [6.07, 6.45) is 1.91. The third-order valence-corrected chi connectivity index (χ3v) is 4.36. The smallest absolute Gasteiger partial charge is 0.193 e. The minimum Gasteiger partial charge on any atom is -0.298 e. The van der Waals surface area contributed by atoms with Gasteiger partial charge in [0.25, 0.3) is 0 Å². The Labute approximate surface area is 155 Å². The number of hydrogen-bond acceptors (Lipinski definition) is 2. The number of nitrogens with zero attached hydrogens (tertiary/aromatic N) is 1. The topological polar surface area (TPSA) is 20.3 Å². The van der Waals surface area contributed by atoms with Crippen LogP contribution in [0.15, 0.2) is 91.5 Å². The first-order chi connectivity index (χ1) is 12.7. The molecule has 0 saturated heterocycles. The standard InChI is InChI=1S/C24H23NO/c1-3-17-25(2)18-19-9-11-20(12-10-19)21-13-15-23(16-14-21)24(26)22-7-5-4-6-8-22/h3-16H,1,17-18H2,2H3. The molecule has 3 aromatic rings. The van der Waals surface area contributed by atoms with Gasteiger partial charge in [-0.3, -0.25) is 9.69 Å². The fourth-order valence-electron chi connectivity index (χ4n) is 2.97. The highest BCUT2D eigenvalue weighted by Crippen LogP contribution is 2.22. The van der Waals surface area contributed by atoms with Crippen LogP contribution < -0.4 is 0 Å². The monoisotopic (exact) mass is 341 g/mol. The van der Waals surface area contributed by atoms with E-state index in [-0.39, 0.29) is 5.78 Å². The minimum atomic E-state index is 0.0535. The van der Waals surface area contributed by atoms with Crippen LogP contribution in [0.3, 0.4) is 0 Å². The molecule has 0 unspecified atom stereocenters. The molecule has 0 amide bonds. The molecule has 0 spiro atoms. The lowest BCUT2D eigenvalue weighted by molar-refractivity contribution is 0.103. The normalized spacial score (nSPS) is 10.7. The molecule has 0 saturated carbocycles. The Bertz CT molecular complexity index is 864. The first-order valence-corrected chi connectivity index (χ1v) is 8.76. The van der Waals surface area contributed by atoms with Gasteiger partial charge < -0.3 is 0 Å². The van der Waals surface area contributed by atoms with Gasteiger partial charge in [-0.05, 0) is 23.7 Å². The maximum Gasteiger partial charge on any atom is 0.193 e. The lowest BCUT2D eigenvalue weighted by Crippen LogP contribution is -2.17. The third-order valence-electron chi connectivity index (χ3n) is 4.36. The fraction of sp³-hybridized carbons (Fsp3) is 0.125. The average molecular weight is 341 g/mol. The quantitative estimate of drug-likeness (QED) is 0.435. The van der Waals surface area contributed by atoms with E-state index in [1.165, 1.54) is 5.56 Å². The number of rotatable bonds is 7. The number of carbonyl (C=O) groups excluding carboxylic acids is 1. The molecule has 130 valence electrons. The second kappa shape index (κ2) is 8.41. The lowest BCUT2D eigenvalue weighted by atomic mass is 9.99. The van der Waals surface area contributed by atoms with Crippen molar-refractivity contribution in [2.24, 2.45) is 0 Å². The van der Waals surface area contributed by atoms with Crippen molar-refractivity contribution in [3.63, 3.8) is 0 Å². The van der Waals surface area contributed by atoms with Gasteiger partial charge in [0.15, 0.2) is 5.78 Å². The van der Waals surface area contributed by atoms with E-state index < -0.39 is 0 Å². The number of likely N-dealkylation sites (N-methyl/N-ethyl adjacent to an activating group) is 1. The molecule has 0 heterocycles. The maximum absolute atomic E-state index is 12.5. The average Bonchev–Trinajstić information content (AvgIpc) is 2.69. The molecule has 0 radical (unpaired) electrons. The Hall–Kier alpha value is -2.97. The third kappa shape index (κ3) is 4.35. The number of carbonyl (C=O) groups is 1. The van der Waals surface area contributed by atoms with Crippen LogP contribution in [0.4, 0.5) is 0 Å². The highest BCUT2D eigenvalue weighted by Gasteiger charge is 2.08. The lowest BCUT2D eigenvalue weighted by Gasteiger charge is -2.14. The van der Waals surface area contributed by atoms with E-state index in [0.717, 1.165) is 24.2 Å². The predicted molar refractivity (Wildman–Crippen MR) is 108 cm³/mol. The van der Waals surface area contributed by atoms with Crippen LogP contribution in [0, 0.1) is 0 Å². The summed E-state index contributed by atoms with van der Waals surface area (Å²) in [5.41, 5.74) is 4.96. The molecule has 0 aliphatic carbocycles. The van der Waals surface area contributed by atoms with Crippen LogP contribution in [-0.4, -0.2) is 24.3 Å². The summed E-state index contributed by atoms with van der Waals surface area (Å²) in [5, 5.41) is 0. The molecule has 0 fully saturated rings. The van der Waals surface area contributed by atoms with Crippen molar-refractivity contribution in [2.45, 2.75) is 6.54 Å². The van der Waals surface area contributed by atoms with E-state index in [2.05, 4.69) is 42.8 Å².